The van der Waals surface area contributed by atoms with Crippen LogP contribution < -0.4 is 5.43 Å². The lowest BCUT2D eigenvalue weighted by Crippen LogP contribution is -2.26. The lowest BCUT2D eigenvalue weighted by molar-refractivity contribution is -0.122. The molecule has 0 saturated heterocycles. The van der Waals surface area contributed by atoms with Gasteiger partial charge in [-0.1, -0.05) is 127 Å². The predicted molar refractivity (Wildman–Crippen MR) is 138 cm³/mol. The molecule has 4 aromatic rings. The minimum atomic E-state index is -0.311. The number of carbonyl (C=O) groups excluding carboxylic acids is 1. The molecule has 3 nitrogen and oxygen atoms in total. The number of amides is 1. The number of allylic oxidation sites excluding steroid dienone is 1. The van der Waals surface area contributed by atoms with Crippen molar-refractivity contribution in [2.24, 2.45) is 11.0 Å². The van der Waals surface area contributed by atoms with Gasteiger partial charge in [0.25, 0.3) is 0 Å². The molecule has 0 aliphatic heterocycles. The second kappa shape index (κ2) is 9.72. The maximum atomic E-state index is 13.3. The summed E-state index contributed by atoms with van der Waals surface area (Å²) in [6.45, 7) is 0. The first-order chi connectivity index (χ1) is 16.8. The van der Waals surface area contributed by atoms with E-state index in [1.807, 2.05) is 109 Å². The molecule has 1 aliphatic carbocycles. The van der Waals surface area contributed by atoms with Gasteiger partial charge in [0, 0.05) is 11.0 Å². The van der Waals surface area contributed by atoms with Crippen LogP contribution in [0.2, 0.25) is 0 Å². The van der Waals surface area contributed by atoms with Crippen molar-refractivity contribution in [1.29, 1.82) is 0 Å². The molecule has 1 atom stereocenters. The number of nitrogens with one attached hydrogen (secondary N) is 1. The zero-order valence-corrected chi connectivity index (χ0v) is 18.8. The van der Waals surface area contributed by atoms with E-state index >= 15 is 0 Å². The summed E-state index contributed by atoms with van der Waals surface area (Å²) in [6, 6.07) is 40.6. The molecular formula is C31H26N2O. The maximum absolute atomic E-state index is 13.3. The summed E-state index contributed by atoms with van der Waals surface area (Å²) in [5, 5.41) is 4.55. The zero-order chi connectivity index (χ0) is 23.2. The number of benzene rings is 4. The summed E-state index contributed by atoms with van der Waals surface area (Å²) in [7, 11) is 0. The molecule has 0 bridgehead atoms. The smallest absolute Gasteiger partial charge is 0.244 e. The molecule has 1 amide bonds. The van der Waals surface area contributed by atoms with Crippen LogP contribution in [0.15, 0.2) is 133 Å². The monoisotopic (exact) mass is 442 g/mol. The SMILES string of the molecule is O=C(N/N=C(/C=C/c1ccccc1)c1ccccc1)[C@H]1CC1(c1ccccc1)c1ccccc1. The lowest BCUT2D eigenvalue weighted by atomic mass is 9.85. The van der Waals surface area contributed by atoms with Gasteiger partial charge in [0.1, 0.15) is 0 Å². The average molecular weight is 443 g/mol. The topological polar surface area (TPSA) is 41.5 Å². The Morgan fingerprint density at radius 2 is 1.24 bits per heavy atom. The molecule has 1 aliphatic rings. The van der Waals surface area contributed by atoms with E-state index in [0.29, 0.717) is 5.71 Å². The van der Waals surface area contributed by atoms with Crippen molar-refractivity contribution < 1.29 is 4.79 Å². The van der Waals surface area contributed by atoms with E-state index in [2.05, 4.69) is 34.8 Å². The van der Waals surface area contributed by atoms with Crippen LogP contribution in [-0.2, 0) is 10.2 Å². The van der Waals surface area contributed by atoms with Crippen LogP contribution in [0.1, 0.15) is 28.7 Å². The van der Waals surface area contributed by atoms with Crippen LogP contribution in [0.5, 0.6) is 0 Å². The van der Waals surface area contributed by atoms with Gasteiger partial charge in [-0.2, -0.15) is 5.10 Å². The Morgan fingerprint density at radius 3 is 1.79 bits per heavy atom. The molecule has 0 unspecified atom stereocenters. The largest absolute Gasteiger partial charge is 0.273 e. The number of hydrogen-bond donors (Lipinski definition) is 1. The van der Waals surface area contributed by atoms with E-state index < -0.39 is 0 Å². The van der Waals surface area contributed by atoms with Crippen LogP contribution in [0.4, 0.5) is 0 Å². The molecule has 5 rings (SSSR count). The molecule has 1 N–H and O–H groups in total. The average Bonchev–Trinajstić information content (AvgIpc) is 3.68. The molecule has 1 fully saturated rings. The molecule has 1 saturated carbocycles. The van der Waals surface area contributed by atoms with Crippen LogP contribution in [-0.4, -0.2) is 11.6 Å². The number of rotatable bonds is 7. The van der Waals surface area contributed by atoms with Gasteiger partial charge in [-0.25, -0.2) is 5.43 Å². The molecular weight excluding hydrogens is 416 g/mol. The van der Waals surface area contributed by atoms with E-state index in [9.17, 15) is 4.79 Å². The van der Waals surface area contributed by atoms with Crippen LogP contribution in [0, 0.1) is 5.92 Å². The number of nitrogens with zero attached hydrogens (tertiary/aromatic N) is 1. The van der Waals surface area contributed by atoms with Crippen LogP contribution in [0.25, 0.3) is 6.08 Å². The summed E-state index contributed by atoms with van der Waals surface area (Å²) in [4.78, 5) is 13.3. The first-order valence-electron chi connectivity index (χ1n) is 11.5. The number of hydrogen-bond acceptors (Lipinski definition) is 2. The molecule has 4 aromatic carbocycles. The van der Waals surface area contributed by atoms with Gasteiger partial charge >= 0.3 is 0 Å². The molecule has 166 valence electrons. The molecule has 0 radical (unpaired) electrons. The molecule has 3 heteroatoms. The fourth-order valence-electron chi connectivity index (χ4n) is 4.59. The minimum absolute atomic E-state index is 0.0609. The highest BCUT2D eigenvalue weighted by atomic mass is 16.2. The summed E-state index contributed by atoms with van der Waals surface area (Å²) in [5.74, 6) is -0.231. The first-order valence-corrected chi connectivity index (χ1v) is 11.5. The number of carbonyl (C=O) groups is 1. The third kappa shape index (κ3) is 4.46. The number of hydrazone groups is 1. The van der Waals surface area contributed by atoms with Crippen molar-refractivity contribution in [2.45, 2.75) is 11.8 Å². The Morgan fingerprint density at radius 1 is 0.735 bits per heavy atom. The van der Waals surface area contributed by atoms with Crippen LogP contribution >= 0.6 is 0 Å². The quantitative estimate of drug-likeness (QED) is 0.268. The predicted octanol–water partition coefficient (Wildman–Crippen LogP) is 6.23. The first kappa shape index (κ1) is 21.6. The highest BCUT2D eigenvalue weighted by Gasteiger charge is 2.60. The van der Waals surface area contributed by atoms with Gasteiger partial charge in [-0.15, -0.1) is 0 Å². The standard InChI is InChI=1S/C31H26N2O/c34-30(28-23-31(28,26-17-9-3-10-18-26)27-19-11-4-12-20-27)33-32-29(25-15-7-2-8-16-25)22-21-24-13-5-1-6-14-24/h1-22,28H,23H2,(H,33,34)/b22-21+,32-29-/t28-/m1/s1. The summed E-state index contributed by atoms with van der Waals surface area (Å²) in [5.41, 5.74) is 7.62. The van der Waals surface area contributed by atoms with Gasteiger partial charge in [-0.3, -0.25) is 4.79 Å². The van der Waals surface area contributed by atoms with Crippen LogP contribution in [0.3, 0.4) is 0 Å². The maximum Gasteiger partial charge on any atom is 0.244 e. The Kier molecular flexibility index (Phi) is 6.17. The highest BCUT2D eigenvalue weighted by Crippen LogP contribution is 2.58. The summed E-state index contributed by atoms with van der Waals surface area (Å²) in [6.07, 6.45) is 4.72. The second-order valence-corrected chi connectivity index (χ2v) is 8.54. The van der Waals surface area contributed by atoms with E-state index in [4.69, 9.17) is 0 Å². The Hall–Kier alpha value is -4.24. The van der Waals surface area contributed by atoms with Crippen molar-refractivity contribution >= 4 is 17.7 Å². The van der Waals surface area contributed by atoms with Crippen molar-refractivity contribution in [1.82, 2.24) is 5.43 Å². The lowest BCUT2D eigenvalue weighted by Gasteiger charge is -2.18. The normalized spacial score (nSPS) is 16.8. The zero-order valence-electron chi connectivity index (χ0n) is 18.8. The van der Waals surface area contributed by atoms with Crippen molar-refractivity contribution in [2.75, 3.05) is 0 Å². The minimum Gasteiger partial charge on any atom is -0.273 e. The van der Waals surface area contributed by atoms with Crippen molar-refractivity contribution in [3.63, 3.8) is 0 Å². The fourth-order valence-corrected chi connectivity index (χ4v) is 4.59. The van der Waals surface area contributed by atoms with Gasteiger partial charge in [0.2, 0.25) is 5.91 Å². The summed E-state index contributed by atoms with van der Waals surface area (Å²) < 4.78 is 0. The third-order valence-corrected chi connectivity index (χ3v) is 6.44. The van der Waals surface area contributed by atoms with Gasteiger partial charge in [0.05, 0.1) is 11.6 Å². The molecule has 0 heterocycles. The third-order valence-electron chi connectivity index (χ3n) is 6.44. The molecule has 0 spiro atoms. The van der Waals surface area contributed by atoms with E-state index in [0.717, 1.165) is 28.7 Å². The van der Waals surface area contributed by atoms with Gasteiger partial charge in [-0.05, 0) is 29.2 Å². The Labute approximate surface area is 200 Å². The van der Waals surface area contributed by atoms with Gasteiger partial charge < -0.3 is 0 Å². The molecule has 0 aromatic heterocycles. The molecule has 34 heavy (non-hydrogen) atoms. The van der Waals surface area contributed by atoms with Crippen molar-refractivity contribution in [3.8, 4) is 0 Å². The highest BCUT2D eigenvalue weighted by molar-refractivity contribution is 6.11. The Bertz CT molecular complexity index is 1260. The van der Waals surface area contributed by atoms with Crippen molar-refractivity contribution in [3.05, 3.63) is 150 Å². The van der Waals surface area contributed by atoms with E-state index in [-0.39, 0.29) is 17.2 Å². The Balaban J connectivity index is 1.41. The summed E-state index contributed by atoms with van der Waals surface area (Å²) >= 11 is 0. The van der Waals surface area contributed by atoms with E-state index in [1.54, 1.807) is 0 Å². The second-order valence-electron chi connectivity index (χ2n) is 8.54. The van der Waals surface area contributed by atoms with Gasteiger partial charge in [0.15, 0.2) is 0 Å². The van der Waals surface area contributed by atoms with E-state index in [1.165, 1.54) is 0 Å². The fraction of sp³-hybridized carbons (Fsp3) is 0.0968.